The standard InChI is InChI=1S/C19H26N4O2S/c1-19(2,26-4)13-22-18(20-3)21-12-14-7-5-8-15(11-14)23-17(24)16-9-6-10-25-16/h5-11H,12-13H2,1-4H3,(H,23,24)(H2,20,21,22). The van der Waals surface area contributed by atoms with E-state index < -0.39 is 0 Å². The average Bonchev–Trinajstić information content (AvgIpc) is 3.17. The number of carbonyl (C=O) groups is 1. The first-order valence-corrected chi connectivity index (χ1v) is 9.59. The molecule has 26 heavy (non-hydrogen) atoms. The molecule has 3 N–H and O–H groups in total. The SMILES string of the molecule is CN=C(NCc1cccc(NC(=O)c2ccco2)c1)NCC(C)(C)SC. The van der Waals surface area contributed by atoms with Crippen molar-refractivity contribution in [2.24, 2.45) is 4.99 Å². The van der Waals surface area contributed by atoms with Crippen LogP contribution in [-0.2, 0) is 6.54 Å². The third-order valence-electron chi connectivity index (χ3n) is 3.85. The van der Waals surface area contributed by atoms with E-state index in [9.17, 15) is 4.79 Å². The Kier molecular flexibility index (Phi) is 7.15. The Morgan fingerprint density at radius 3 is 2.69 bits per heavy atom. The zero-order valence-electron chi connectivity index (χ0n) is 15.6. The molecule has 140 valence electrons. The zero-order valence-corrected chi connectivity index (χ0v) is 16.4. The van der Waals surface area contributed by atoms with Crippen LogP contribution in [0.15, 0.2) is 52.1 Å². The lowest BCUT2D eigenvalue weighted by Gasteiger charge is -2.23. The van der Waals surface area contributed by atoms with Gasteiger partial charge in [-0.1, -0.05) is 12.1 Å². The highest BCUT2D eigenvalue weighted by Gasteiger charge is 2.16. The molecular weight excluding hydrogens is 348 g/mol. The number of hydrogen-bond acceptors (Lipinski definition) is 4. The van der Waals surface area contributed by atoms with Gasteiger partial charge < -0.3 is 20.4 Å². The third-order valence-corrected chi connectivity index (χ3v) is 5.10. The molecule has 1 aromatic heterocycles. The molecule has 0 aliphatic heterocycles. The van der Waals surface area contributed by atoms with Crippen LogP contribution in [0.5, 0.6) is 0 Å². The minimum atomic E-state index is -0.267. The molecule has 0 bridgehead atoms. The van der Waals surface area contributed by atoms with Crippen LogP contribution in [0.2, 0.25) is 0 Å². The lowest BCUT2D eigenvalue weighted by molar-refractivity contribution is 0.0996. The largest absolute Gasteiger partial charge is 0.459 e. The minimum absolute atomic E-state index is 0.133. The summed E-state index contributed by atoms with van der Waals surface area (Å²) in [6.07, 6.45) is 3.58. The number of rotatable bonds is 7. The van der Waals surface area contributed by atoms with E-state index >= 15 is 0 Å². The van der Waals surface area contributed by atoms with E-state index in [0.717, 1.165) is 23.8 Å². The Bertz CT molecular complexity index is 742. The number of hydrogen-bond donors (Lipinski definition) is 3. The van der Waals surface area contributed by atoms with E-state index in [2.05, 4.69) is 41.0 Å². The summed E-state index contributed by atoms with van der Waals surface area (Å²) in [5.74, 6) is 0.767. The van der Waals surface area contributed by atoms with E-state index in [0.29, 0.717) is 6.54 Å². The molecule has 0 saturated heterocycles. The zero-order chi connectivity index (χ0) is 19.0. The van der Waals surface area contributed by atoms with Gasteiger partial charge in [-0.2, -0.15) is 11.8 Å². The Hall–Kier alpha value is -2.41. The number of nitrogens with zero attached hydrogens (tertiary/aromatic N) is 1. The van der Waals surface area contributed by atoms with Crippen molar-refractivity contribution in [1.29, 1.82) is 0 Å². The fourth-order valence-corrected chi connectivity index (χ4v) is 2.35. The molecular formula is C19H26N4O2S. The van der Waals surface area contributed by atoms with E-state index in [4.69, 9.17) is 4.42 Å². The second-order valence-corrected chi connectivity index (χ2v) is 7.89. The van der Waals surface area contributed by atoms with Gasteiger partial charge in [0.15, 0.2) is 11.7 Å². The molecule has 0 unspecified atom stereocenters. The van der Waals surface area contributed by atoms with Crippen molar-refractivity contribution in [2.75, 3.05) is 25.2 Å². The summed E-state index contributed by atoms with van der Waals surface area (Å²) in [6, 6.07) is 11.0. The highest BCUT2D eigenvalue weighted by molar-refractivity contribution is 7.99. The Morgan fingerprint density at radius 1 is 1.23 bits per heavy atom. The highest BCUT2D eigenvalue weighted by Crippen LogP contribution is 2.19. The Balaban J connectivity index is 1.90. The number of furan rings is 1. The molecule has 0 aliphatic carbocycles. The van der Waals surface area contributed by atoms with Crippen molar-refractivity contribution >= 4 is 29.3 Å². The first-order valence-electron chi connectivity index (χ1n) is 8.37. The van der Waals surface area contributed by atoms with Gasteiger partial charge >= 0.3 is 0 Å². The maximum Gasteiger partial charge on any atom is 0.291 e. The first-order chi connectivity index (χ1) is 12.4. The lowest BCUT2D eigenvalue weighted by Crippen LogP contribution is -2.42. The lowest BCUT2D eigenvalue weighted by atomic mass is 10.2. The Labute approximate surface area is 158 Å². The van der Waals surface area contributed by atoms with Crippen LogP contribution in [0.25, 0.3) is 0 Å². The normalized spacial score (nSPS) is 11.9. The van der Waals surface area contributed by atoms with Gasteiger partial charge in [0.1, 0.15) is 0 Å². The first kappa shape index (κ1) is 19.9. The summed E-state index contributed by atoms with van der Waals surface area (Å²) in [7, 11) is 1.75. The monoisotopic (exact) mass is 374 g/mol. The average molecular weight is 375 g/mol. The number of benzene rings is 1. The van der Waals surface area contributed by atoms with Crippen LogP contribution in [0, 0.1) is 0 Å². The van der Waals surface area contributed by atoms with E-state index in [1.165, 1.54) is 6.26 Å². The fraction of sp³-hybridized carbons (Fsp3) is 0.368. The van der Waals surface area contributed by atoms with Crippen molar-refractivity contribution in [1.82, 2.24) is 10.6 Å². The van der Waals surface area contributed by atoms with Crippen LogP contribution in [0.3, 0.4) is 0 Å². The third kappa shape index (κ3) is 6.15. The molecule has 2 aromatic rings. The molecule has 6 nitrogen and oxygen atoms in total. The molecule has 2 rings (SSSR count). The fourth-order valence-electron chi connectivity index (χ4n) is 2.13. The predicted octanol–water partition coefficient (Wildman–Crippen LogP) is 3.34. The van der Waals surface area contributed by atoms with E-state index in [1.807, 2.05) is 36.0 Å². The van der Waals surface area contributed by atoms with Gasteiger partial charge in [0.2, 0.25) is 0 Å². The van der Waals surface area contributed by atoms with Crippen molar-refractivity contribution in [2.45, 2.75) is 25.1 Å². The maximum atomic E-state index is 12.1. The number of thioether (sulfide) groups is 1. The summed E-state index contributed by atoms with van der Waals surface area (Å²) in [5, 5.41) is 9.45. The molecule has 0 fully saturated rings. The summed E-state index contributed by atoms with van der Waals surface area (Å²) >= 11 is 1.81. The number of carbonyl (C=O) groups excluding carboxylic acids is 1. The van der Waals surface area contributed by atoms with Crippen molar-refractivity contribution in [3.8, 4) is 0 Å². The number of amides is 1. The Morgan fingerprint density at radius 2 is 2.04 bits per heavy atom. The van der Waals surface area contributed by atoms with Gasteiger partial charge in [-0.3, -0.25) is 9.79 Å². The van der Waals surface area contributed by atoms with Crippen LogP contribution in [-0.4, -0.2) is 36.5 Å². The van der Waals surface area contributed by atoms with Gasteiger partial charge in [0.05, 0.1) is 6.26 Å². The highest BCUT2D eigenvalue weighted by atomic mass is 32.2. The van der Waals surface area contributed by atoms with E-state index in [1.54, 1.807) is 19.2 Å². The number of anilines is 1. The molecule has 1 aromatic carbocycles. The molecule has 7 heteroatoms. The quantitative estimate of drug-likeness (QED) is 0.512. The van der Waals surface area contributed by atoms with Gasteiger partial charge in [-0.05, 0) is 49.9 Å². The van der Waals surface area contributed by atoms with E-state index in [-0.39, 0.29) is 16.4 Å². The minimum Gasteiger partial charge on any atom is -0.459 e. The number of nitrogens with one attached hydrogen (secondary N) is 3. The maximum absolute atomic E-state index is 12.1. The summed E-state index contributed by atoms with van der Waals surface area (Å²) < 4.78 is 5.24. The van der Waals surface area contributed by atoms with Crippen LogP contribution in [0.1, 0.15) is 30.0 Å². The summed E-state index contributed by atoms with van der Waals surface area (Å²) in [4.78, 5) is 16.3. The molecule has 0 radical (unpaired) electrons. The number of guanidine groups is 1. The molecule has 0 saturated carbocycles. The topological polar surface area (TPSA) is 78.7 Å². The number of aliphatic imine (C=N–C) groups is 1. The van der Waals surface area contributed by atoms with Crippen LogP contribution >= 0.6 is 11.8 Å². The van der Waals surface area contributed by atoms with Gasteiger partial charge in [-0.25, -0.2) is 0 Å². The van der Waals surface area contributed by atoms with Crippen molar-refractivity contribution < 1.29 is 9.21 Å². The molecule has 0 spiro atoms. The summed E-state index contributed by atoms with van der Waals surface area (Å²) in [6.45, 7) is 5.78. The molecule has 1 amide bonds. The van der Waals surface area contributed by atoms with Gasteiger partial charge in [0, 0.05) is 30.6 Å². The molecule has 0 atom stereocenters. The smallest absolute Gasteiger partial charge is 0.291 e. The van der Waals surface area contributed by atoms with Gasteiger partial charge in [-0.15, -0.1) is 0 Å². The van der Waals surface area contributed by atoms with Crippen molar-refractivity contribution in [3.63, 3.8) is 0 Å². The molecule has 0 aliphatic rings. The van der Waals surface area contributed by atoms with Crippen LogP contribution in [0.4, 0.5) is 5.69 Å². The second-order valence-electron chi connectivity index (χ2n) is 6.37. The predicted molar refractivity (Wildman–Crippen MR) is 109 cm³/mol. The van der Waals surface area contributed by atoms with Crippen molar-refractivity contribution in [3.05, 3.63) is 54.0 Å². The summed E-state index contributed by atoms with van der Waals surface area (Å²) in [5.41, 5.74) is 1.76. The molecule has 1 heterocycles. The van der Waals surface area contributed by atoms with Gasteiger partial charge in [0.25, 0.3) is 5.91 Å². The second kappa shape index (κ2) is 9.33. The van der Waals surface area contributed by atoms with Crippen LogP contribution < -0.4 is 16.0 Å².